The van der Waals surface area contributed by atoms with Crippen LogP contribution in [0.3, 0.4) is 0 Å². The van der Waals surface area contributed by atoms with Crippen LogP contribution in [0.1, 0.15) is 45.0 Å². The maximum atomic E-state index is 13.2. The van der Waals surface area contributed by atoms with Gasteiger partial charge in [0.1, 0.15) is 5.00 Å². The fourth-order valence-corrected chi connectivity index (χ4v) is 6.91. The number of thiophene rings is 1. The van der Waals surface area contributed by atoms with Crippen molar-refractivity contribution in [3.8, 4) is 0 Å². The molecule has 0 atom stereocenters. The Morgan fingerprint density at radius 1 is 1.02 bits per heavy atom. The molecule has 220 valence electrons. The Hall–Kier alpha value is -2.88. The van der Waals surface area contributed by atoms with E-state index in [4.69, 9.17) is 14.2 Å². The minimum Gasteiger partial charge on any atom is -0.450 e. The lowest BCUT2D eigenvalue weighted by atomic mass is 10.0. The van der Waals surface area contributed by atoms with Gasteiger partial charge in [-0.05, 0) is 49.7 Å². The monoisotopic (exact) mass is 596 g/mol. The van der Waals surface area contributed by atoms with Gasteiger partial charge in [-0.2, -0.15) is 4.31 Å². The van der Waals surface area contributed by atoms with Gasteiger partial charge in [-0.25, -0.2) is 13.2 Å². The summed E-state index contributed by atoms with van der Waals surface area (Å²) >= 11 is 1.29. The molecule has 0 saturated carbocycles. The summed E-state index contributed by atoms with van der Waals surface area (Å²) in [5.74, 6) is -1.17. The number of likely N-dealkylation sites (N-methyl/N-ethyl adjacent to an activating group) is 1. The summed E-state index contributed by atoms with van der Waals surface area (Å²) in [6, 6.07) is 5.56. The number of alkyl carbamates (subject to hydrolysis) is 1. The standard InChI is InChI=1S/C26H36N4O8S2/c1-5-29-12-11-20-21(17-29)39-25(22(20)24(32)28-26(33)38-6-2)27-23(31)18-7-9-19(10-8-18)40(34,35)30(13-15-36-3)14-16-37-4/h7-10H,5-6,11-17H2,1-4H3,(H,27,31)(H,28,32,33). The Balaban J connectivity index is 1.85. The molecule has 0 unspecified atom stereocenters. The van der Waals surface area contributed by atoms with E-state index in [1.807, 2.05) is 6.92 Å². The number of rotatable bonds is 13. The molecule has 1 aromatic heterocycles. The lowest BCUT2D eigenvalue weighted by molar-refractivity contribution is 0.0924. The summed E-state index contributed by atoms with van der Waals surface area (Å²) in [6.45, 7) is 6.75. The Morgan fingerprint density at radius 2 is 1.68 bits per heavy atom. The third kappa shape index (κ3) is 7.65. The Kier molecular flexibility index (Phi) is 11.6. The number of ether oxygens (including phenoxy) is 3. The third-order valence-electron chi connectivity index (χ3n) is 6.37. The van der Waals surface area contributed by atoms with Crippen molar-refractivity contribution in [2.45, 2.75) is 31.7 Å². The maximum absolute atomic E-state index is 13.2. The summed E-state index contributed by atoms with van der Waals surface area (Å²) in [7, 11) is -0.868. The number of hydrogen-bond acceptors (Lipinski definition) is 10. The van der Waals surface area contributed by atoms with Crippen molar-refractivity contribution in [3.63, 3.8) is 0 Å². The van der Waals surface area contributed by atoms with Crippen molar-refractivity contribution in [3.05, 3.63) is 45.8 Å². The van der Waals surface area contributed by atoms with Crippen LogP contribution in [0.4, 0.5) is 9.80 Å². The second-order valence-electron chi connectivity index (χ2n) is 8.87. The molecule has 2 N–H and O–H groups in total. The van der Waals surface area contributed by atoms with Crippen LogP contribution in [-0.2, 0) is 37.2 Å². The minimum atomic E-state index is -3.85. The highest BCUT2D eigenvalue weighted by molar-refractivity contribution is 7.89. The number of nitrogens with one attached hydrogen (secondary N) is 2. The summed E-state index contributed by atoms with van der Waals surface area (Å²) in [4.78, 5) is 41.4. The van der Waals surface area contributed by atoms with Gasteiger partial charge in [0.15, 0.2) is 0 Å². The van der Waals surface area contributed by atoms with E-state index in [0.717, 1.165) is 23.5 Å². The molecule has 0 aliphatic carbocycles. The van der Waals surface area contributed by atoms with Gasteiger partial charge in [0.2, 0.25) is 10.0 Å². The SMILES string of the molecule is CCOC(=O)NC(=O)c1c(NC(=O)c2ccc(S(=O)(=O)N(CCOC)CCOC)cc2)sc2c1CCN(CC)C2. The first kappa shape index (κ1) is 31.6. The van der Waals surface area contributed by atoms with Crippen molar-refractivity contribution >= 4 is 44.3 Å². The van der Waals surface area contributed by atoms with Crippen LogP contribution in [0.5, 0.6) is 0 Å². The third-order valence-corrected chi connectivity index (χ3v) is 9.42. The number of imide groups is 1. The van der Waals surface area contributed by atoms with Crippen LogP contribution >= 0.6 is 11.3 Å². The number of carbonyl (C=O) groups excluding carboxylic acids is 3. The Labute approximate surface area is 238 Å². The first-order valence-corrected chi connectivity index (χ1v) is 15.2. The molecule has 0 bridgehead atoms. The molecule has 3 amide bonds. The molecule has 0 radical (unpaired) electrons. The van der Waals surface area contributed by atoms with Gasteiger partial charge in [-0.1, -0.05) is 6.92 Å². The van der Waals surface area contributed by atoms with Crippen LogP contribution in [0.2, 0.25) is 0 Å². The second-order valence-corrected chi connectivity index (χ2v) is 11.9. The second kappa shape index (κ2) is 14.7. The zero-order valence-corrected chi connectivity index (χ0v) is 24.8. The highest BCUT2D eigenvalue weighted by atomic mass is 32.2. The molecular formula is C26H36N4O8S2. The van der Waals surface area contributed by atoms with Gasteiger partial charge in [0, 0.05) is 50.8 Å². The van der Waals surface area contributed by atoms with Gasteiger partial charge in [0.25, 0.3) is 11.8 Å². The number of anilines is 1. The van der Waals surface area contributed by atoms with Crippen molar-refractivity contribution < 1.29 is 37.0 Å². The number of fused-ring (bicyclic) bond motifs is 1. The molecule has 2 heterocycles. The number of hydrogen-bond donors (Lipinski definition) is 2. The number of methoxy groups -OCH3 is 2. The van der Waals surface area contributed by atoms with Gasteiger partial charge in [-0.15, -0.1) is 11.3 Å². The Morgan fingerprint density at radius 3 is 2.25 bits per heavy atom. The molecule has 14 heteroatoms. The molecule has 40 heavy (non-hydrogen) atoms. The van der Waals surface area contributed by atoms with E-state index in [9.17, 15) is 22.8 Å². The first-order valence-electron chi connectivity index (χ1n) is 12.9. The van der Waals surface area contributed by atoms with E-state index in [-0.39, 0.29) is 48.9 Å². The molecule has 0 spiro atoms. The van der Waals surface area contributed by atoms with Gasteiger partial charge >= 0.3 is 6.09 Å². The minimum absolute atomic E-state index is 0.0250. The van der Waals surface area contributed by atoms with Crippen LogP contribution in [0.15, 0.2) is 29.2 Å². The lowest BCUT2D eigenvalue weighted by Gasteiger charge is -2.25. The van der Waals surface area contributed by atoms with Crippen LogP contribution in [0, 0.1) is 0 Å². The van der Waals surface area contributed by atoms with Crippen LogP contribution in [-0.4, -0.2) is 95.7 Å². The average Bonchev–Trinajstić information content (AvgIpc) is 3.30. The van der Waals surface area contributed by atoms with Gasteiger partial charge in [-0.3, -0.25) is 19.8 Å². The average molecular weight is 597 g/mol. The topological polar surface area (TPSA) is 144 Å². The van der Waals surface area contributed by atoms with Crippen molar-refractivity contribution in [2.75, 3.05) is 65.5 Å². The quantitative estimate of drug-likeness (QED) is 0.357. The fourth-order valence-electron chi connectivity index (χ4n) is 4.22. The smallest absolute Gasteiger partial charge is 0.414 e. The number of nitrogens with zero attached hydrogens (tertiary/aromatic N) is 2. The zero-order chi connectivity index (χ0) is 29.3. The molecule has 2 aromatic rings. The van der Waals surface area contributed by atoms with E-state index in [1.54, 1.807) is 6.92 Å². The zero-order valence-electron chi connectivity index (χ0n) is 23.2. The number of carbonyl (C=O) groups is 3. The Bertz CT molecular complexity index is 1290. The normalized spacial score (nSPS) is 13.6. The van der Waals surface area contributed by atoms with E-state index >= 15 is 0 Å². The molecule has 0 saturated heterocycles. The molecule has 12 nitrogen and oxygen atoms in total. The fraction of sp³-hybridized carbons (Fsp3) is 0.500. The number of sulfonamides is 1. The predicted molar refractivity (Wildman–Crippen MR) is 150 cm³/mol. The summed E-state index contributed by atoms with van der Waals surface area (Å²) in [5, 5.41) is 5.34. The molecular weight excluding hydrogens is 560 g/mol. The predicted octanol–water partition coefficient (Wildman–Crippen LogP) is 2.55. The first-order chi connectivity index (χ1) is 19.2. The largest absolute Gasteiger partial charge is 0.450 e. The van der Waals surface area contributed by atoms with Gasteiger partial charge < -0.3 is 19.5 Å². The van der Waals surface area contributed by atoms with E-state index in [2.05, 4.69) is 15.5 Å². The summed E-state index contributed by atoms with van der Waals surface area (Å²) in [5.41, 5.74) is 1.24. The number of amides is 3. The maximum Gasteiger partial charge on any atom is 0.414 e. The van der Waals surface area contributed by atoms with Crippen molar-refractivity contribution in [1.29, 1.82) is 0 Å². The molecule has 1 aliphatic heterocycles. The van der Waals surface area contributed by atoms with E-state index < -0.39 is 27.9 Å². The van der Waals surface area contributed by atoms with Gasteiger partial charge in [0.05, 0.1) is 30.3 Å². The number of benzene rings is 1. The van der Waals surface area contributed by atoms with Crippen molar-refractivity contribution in [2.24, 2.45) is 0 Å². The lowest BCUT2D eigenvalue weighted by Crippen LogP contribution is -2.36. The van der Waals surface area contributed by atoms with E-state index in [0.29, 0.717) is 18.0 Å². The van der Waals surface area contributed by atoms with Crippen LogP contribution in [0.25, 0.3) is 0 Å². The molecule has 1 aliphatic rings. The van der Waals surface area contributed by atoms with E-state index in [1.165, 1.54) is 54.1 Å². The molecule has 0 fully saturated rings. The summed E-state index contributed by atoms with van der Waals surface area (Å²) in [6.07, 6.45) is -0.270. The summed E-state index contributed by atoms with van der Waals surface area (Å²) < 4.78 is 42.5. The van der Waals surface area contributed by atoms with Crippen molar-refractivity contribution in [1.82, 2.24) is 14.5 Å². The highest BCUT2D eigenvalue weighted by Gasteiger charge is 2.30. The van der Waals surface area contributed by atoms with Crippen LogP contribution < -0.4 is 10.6 Å². The highest BCUT2D eigenvalue weighted by Crippen LogP contribution is 2.37. The molecule has 3 rings (SSSR count). The molecule has 1 aromatic carbocycles.